The molecule has 3 rings (SSSR count). The first-order valence-corrected chi connectivity index (χ1v) is 7.91. The van der Waals surface area contributed by atoms with E-state index in [1.165, 1.54) is 36.2 Å². The Morgan fingerprint density at radius 2 is 1.67 bits per heavy atom. The Kier molecular flexibility index (Phi) is 4.69. The summed E-state index contributed by atoms with van der Waals surface area (Å²) >= 11 is 0. The number of nitrogens with zero attached hydrogens (tertiary/aromatic N) is 1. The Hall–Kier alpha value is -1.64. The fraction of sp³-hybridized carbons (Fsp3) is 0.368. The Labute approximate surface area is 127 Å². The third-order valence-electron chi connectivity index (χ3n) is 4.47. The molecule has 1 heterocycles. The molecule has 2 N–H and O–H groups in total. The van der Waals surface area contributed by atoms with E-state index in [9.17, 15) is 0 Å². The SMILES string of the molecule is NCCc1ccccc1CN1CCC(c2ccccc2)C1. The van der Waals surface area contributed by atoms with Crippen LogP contribution in [0.2, 0.25) is 0 Å². The van der Waals surface area contributed by atoms with Crippen LogP contribution in [-0.4, -0.2) is 24.5 Å². The van der Waals surface area contributed by atoms with E-state index in [2.05, 4.69) is 59.5 Å². The van der Waals surface area contributed by atoms with Crippen molar-refractivity contribution < 1.29 is 0 Å². The normalized spacial score (nSPS) is 19.0. The van der Waals surface area contributed by atoms with Gasteiger partial charge in [-0.1, -0.05) is 54.6 Å². The standard InChI is InChI=1S/C19H24N2/c20-12-10-17-8-4-5-9-18(17)14-21-13-11-19(15-21)16-6-2-1-3-7-16/h1-9,19H,10-15,20H2. The van der Waals surface area contributed by atoms with Crippen molar-refractivity contribution in [3.8, 4) is 0 Å². The minimum atomic E-state index is 0.688. The maximum Gasteiger partial charge on any atom is 0.0236 e. The summed E-state index contributed by atoms with van der Waals surface area (Å²) in [7, 11) is 0. The number of rotatable bonds is 5. The highest BCUT2D eigenvalue weighted by Gasteiger charge is 2.23. The van der Waals surface area contributed by atoms with Crippen molar-refractivity contribution in [3.05, 3.63) is 71.3 Å². The Balaban J connectivity index is 1.65. The molecule has 1 fully saturated rings. The van der Waals surface area contributed by atoms with E-state index in [0.29, 0.717) is 5.92 Å². The summed E-state index contributed by atoms with van der Waals surface area (Å²) < 4.78 is 0. The molecule has 1 aliphatic rings. The molecule has 0 saturated carbocycles. The highest BCUT2D eigenvalue weighted by atomic mass is 15.1. The first-order valence-electron chi connectivity index (χ1n) is 7.91. The molecule has 0 aliphatic carbocycles. The third-order valence-corrected chi connectivity index (χ3v) is 4.47. The lowest BCUT2D eigenvalue weighted by atomic mass is 9.99. The molecule has 2 aromatic rings. The van der Waals surface area contributed by atoms with E-state index < -0.39 is 0 Å². The van der Waals surface area contributed by atoms with Gasteiger partial charge in [0.1, 0.15) is 0 Å². The van der Waals surface area contributed by atoms with Gasteiger partial charge in [0.2, 0.25) is 0 Å². The molecule has 1 unspecified atom stereocenters. The fourth-order valence-electron chi connectivity index (χ4n) is 3.33. The van der Waals surface area contributed by atoms with Gasteiger partial charge in [-0.25, -0.2) is 0 Å². The summed E-state index contributed by atoms with van der Waals surface area (Å²) in [4.78, 5) is 2.58. The van der Waals surface area contributed by atoms with Crippen LogP contribution in [0.3, 0.4) is 0 Å². The molecule has 0 bridgehead atoms. The molecule has 21 heavy (non-hydrogen) atoms. The lowest BCUT2D eigenvalue weighted by molar-refractivity contribution is 0.326. The van der Waals surface area contributed by atoms with Gasteiger partial charge in [-0.3, -0.25) is 4.90 Å². The lowest BCUT2D eigenvalue weighted by Gasteiger charge is -2.18. The summed E-state index contributed by atoms with van der Waals surface area (Å²) in [6.45, 7) is 4.14. The van der Waals surface area contributed by atoms with E-state index in [1.54, 1.807) is 0 Å². The first kappa shape index (κ1) is 14.3. The van der Waals surface area contributed by atoms with Crippen LogP contribution in [0.1, 0.15) is 29.0 Å². The van der Waals surface area contributed by atoms with Crippen LogP contribution in [0.4, 0.5) is 0 Å². The van der Waals surface area contributed by atoms with Crippen LogP contribution < -0.4 is 5.73 Å². The maximum absolute atomic E-state index is 5.72. The van der Waals surface area contributed by atoms with Crippen LogP contribution in [0.15, 0.2) is 54.6 Å². The average Bonchev–Trinajstić information content (AvgIpc) is 2.99. The third kappa shape index (κ3) is 3.52. The molecular weight excluding hydrogens is 256 g/mol. The highest BCUT2D eigenvalue weighted by Crippen LogP contribution is 2.28. The van der Waals surface area contributed by atoms with Crippen molar-refractivity contribution in [1.29, 1.82) is 0 Å². The van der Waals surface area contributed by atoms with Crippen molar-refractivity contribution >= 4 is 0 Å². The van der Waals surface area contributed by atoms with Gasteiger partial charge in [-0.15, -0.1) is 0 Å². The van der Waals surface area contributed by atoms with Gasteiger partial charge in [0.25, 0.3) is 0 Å². The minimum Gasteiger partial charge on any atom is -0.330 e. The van der Waals surface area contributed by atoms with Crippen LogP contribution in [0, 0.1) is 0 Å². The number of hydrogen-bond donors (Lipinski definition) is 1. The number of likely N-dealkylation sites (tertiary alicyclic amines) is 1. The molecule has 1 aliphatic heterocycles. The minimum absolute atomic E-state index is 0.688. The average molecular weight is 280 g/mol. The second kappa shape index (κ2) is 6.88. The molecule has 1 saturated heterocycles. The zero-order valence-electron chi connectivity index (χ0n) is 12.5. The molecule has 2 heteroatoms. The second-order valence-corrected chi connectivity index (χ2v) is 5.94. The van der Waals surface area contributed by atoms with E-state index in [1.807, 2.05) is 0 Å². The molecule has 0 aromatic heterocycles. The Morgan fingerprint density at radius 1 is 0.952 bits per heavy atom. The van der Waals surface area contributed by atoms with Gasteiger partial charge in [0.15, 0.2) is 0 Å². The van der Waals surface area contributed by atoms with E-state index >= 15 is 0 Å². The smallest absolute Gasteiger partial charge is 0.0236 e. The first-order chi connectivity index (χ1) is 10.4. The molecule has 0 amide bonds. The monoisotopic (exact) mass is 280 g/mol. The fourth-order valence-corrected chi connectivity index (χ4v) is 3.33. The summed E-state index contributed by atoms with van der Waals surface area (Å²) in [5.41, 5.74) is 10.1. The largest absolute Gasteiger partial charge is 0.330 e. The van der Waals surface area contributed by atoms with Gasteiger partial charge in [0, 0.05) is 13.1 Å². The van der Waals surface area contributed by atoms with Crippen molar-refractivity contribution in [3.63, 3.8) is 0 Å². The van der Waals surface area contributed by atoms with E-state index in [-0.39, 0.29) is 0 Å². The van der Waals surface area contributed by atoms with Gasteiger partial charge >= 0.3 is 0 Å². The topological polar surface area (TPSA) is 29.3 Å². The van der Waals surface area contributed by atoms with Crippen molar-refractivity contribution in [1.82, 2.24) is 4.90 Å². The van der Waals surface area contributed by atoms with Gasteiger partial charge in [0.05, 0.1) is 0 Å². The number of benzene rings is 2. The predicted octanol–water partition coefficient (Wildman–Crippen LogP) is 3.18. The summed E-state index contributed by atoms with van der Waals surface area (Å²) in [6.07, 6.45) is 2.25. The zero-order valence-corrected chi connectivity index (χ0v) is 12.5. The van der Waals surface area contributed by atoms with Crippen molar-refractivity contribution in [2.45, 2.75) is 25.3 Å². The predicted molar refractivity (Wildman–Crippen MR) is 88.3 cm³/mol. The Bertz CT molecular complexity index is 565. The van der Waals surface area contributed by atoms with Crippen molar-refractivity contribution in [2.24, 2.45) is 5.73 Å². The van der Waals surface area contributed by atoms with Gasteiger partial charge in [-0.2, -0.15) is 0 Å². The molecular formula is C19H24N2. The zero-order chi connectivity index (χ0) is 14.5. The van der Waals surface area contributed by atoms with Gasteiger partial charge in [-0.05, 0) is 48.5 Å². The van der Waals surface area contributed by atoms with E-state index in [0.717, 1.165) is 19.5 Å². The molecule has 0 spiro atoms. The Morgan fingerprint density at radius 3 is 2.43 bits per heavy atom. The quantitative estimate of drug-likeness (QED) is 0.911. The lowest BCUT2D eigenvalue weighted by Crippen LogP contribution is -2.21. The number of hydrogen-bond acceptors (Lipinski definition) is 2. The molecule has 1 atom stereocenters. The second-order valence-electron chi connectivity index (χ2n) is 5.94. The molecule has 2 nitrogen and oxygen atoms in total. The molecule has 0 radical (unpaired) electrons. The summed E-state index contributed by atoms with van der Waals surface area (Å²) in [5, 5.41) is 0. The molecule has 2 aromatic carbocycles. The summed E-state index contributed by atoms with van der Waals surface area (Å²) in [6, 6.07) is 19.6. The molecule has 110 valence electrons. The van der Waals surface area contributed by atoms with Crippen LogP contribution in [-0.2, 0) is 13.0 Å². The van der Waals surface area contributed by atoms with Crippen LogP contribution in [0.25, 0.3) is 0 Å². The number of nitrogens with two attached hydrogens (primary N) is 1. The van der Waals surface area contributed by atoms with Crippen molar-refractivity contribution in [2.75, 3.05) is 19.6 Å². The van der Waals surface area contributed by atoms with Gasteiger partial charge < -0.3 is 5.73 Å². The highest BCUT2D eigenvalue weighted by molar-refractivity contribution is 5.28. The van der Waals surface area contributed by atoms with E-state index in [4.69, 9.17) is 5.73 Å². The van der Waals surface area contributed by atoms with Crippen LogP contribution >= 0.6 is 0 Å². The van der Waals surface area contributed by atoms with Crippen LogP contribution in [0.5, 0.6) is 0 Å². The summed E-state index contributed by atoms with van der Waals surface area (Å²) in [5.74, 6) is 0.688. The maximum atomic E-state index is 5.72.